The lowest BCUT2D eigenvalue weighted by atomic mass is 9.49. The first kappa shape index (κ1) is 24.5. The number of carbonyl (C=O) groups is 3. The Hall–Kier alpha value is -2.19. The smallest absolute Gasteiger partial charge is 0.334 e. The van der Waals surface area contributed by atoms with Crippen LogP contribution < -0.4 is 0 Å². The highest BCUT2D eigenvalue weighted by atomic mass is 16.6. The number of carbonyl (C=O) groups excluding carboxylic acids is 3. The minimum Gasteiger partial charge on any atom is -0.461 e. The van der Waals surface area contributed by atoms with Crippen molar-refractivity contribution in [3.05, 3.63) is 23.8 Å². The molecule has 8 nitrogen and oxygen atoms in total. The highest BCUT2D eigenvalue weighted by molar-refractivity contribution is 5.92. The second-order valence-corrected chi connectivity index (χ2v) is 10.0. The lowest BCUT2D eigenvalue weighted by molar-refractivity contribution is -0.277. The summed E-state index contributed by atoms with van der Waals surface area (Å²) < 4.78 is 17.3. The first-order valence-corrected chi connectivity index (χ1v) is 11.1. The fraction of sp³-hybridized carbons (Fsp3) is 0.708. The molecule has 3 aliphatic rings. The highest BCUT2D eigenvalue weighted by Crippen LogP contribution is 2.60. The summed E-state index contributed by atoms with van der Waals surface area (Å²) in [5, 5.41) is 22.6. The lowest BCUT2D eigenvalue weighted by Gasteiger charge is -2.61. The molecule has 0 amide bonds. The lowest BCUT2D eigenvalue weighted by Crippen LogP contribution is -2.72. The van der Waals surface area contributed by atoms with Crippen molar-refractivity contribution in [3.8, 4) is 0 Å². The van der Waals surface area contributed by atoms with Crippen LogP contribution in [-0.4, -0.2) is 58.1 Å². The average Bonchev–Trinajstić information content (AvgIpc) is 3.01. The third kappa shape index (κ3) is 3.67. The molecule has 1 heterocycles. The number of hydrogen-bond acceptors (Lipinski definition) is 8. The van der Waals surface area contributed by atoms with Gasteiger partial charge in [0.2, 0.25) is 0 Å². The zero-order valence-electron chi connectivity index (χ0n) is 19.6. The van der Waals surface area contributed by atoms with Gasteiger partial charge in [0.1, 0.15) is 12.2 Å². The Labute approximate surface area is 188 Å². The zero-order valence-corrected chi connectivity index (χ0v) is 19.6. The molecule has 0 aromatic rings. The SMILES string of the molecule is C=C1C(=O)O[C@@H]2[C@H]1[C@@H](OC(=O)C(C)C)[C@@H]1[C@](C)([C@H](O)CC[C@@]1(C)O)[C@@H]2OC(=O)/C(C)=C\C. The fourth-order valence-electron chi connectivity index (χ4n) is 5.58. The summed E-state index contributed by atoms with van der Waals surface area (Å²) in [5.41, 5.74) is -2.17. The van der Waals surface area contributed by atoms with Gasteiger partial charge in [-0.05, 0) is 33.6 Å². The molecule has 8 atom stereocenters. The molecule has 2 aliphatic carbocycles. The van der Waals surface area contributed by atoms with Crippen LogP contribution in [0.3, 0.4) is 0 Å². The van der Waals surface area contributed by atoms with Crippen molar-refractivity contribution in [2.75, 3.05) is 0 Å². The molecule has 0 radical (unpaired) electrons. The van der Waals surface area contributed by atoms with Crippen LogP contribution in [0.1, 0.15) is 54.4 Å². The van der Waals surface area contributed by atoms with Gasteiger partial charge in [0.05, 0.1) is 23.5 Å². The Morgan fingerprint density at radius 3 is 2.47 bits per heavy atom. The van der Waals surface area contributed by atoms with Crippen LogP contribution in [0.5, 0.6) is 0 Å². The Morgan fingerprint density at radius 1 is 1.28 bits per heavy atom. The summed E-state index contributed by atoms with van der Waals surface area (Å²) in [6.07, 6.45) is -1.96. The first-order chi connectivity index (χ1) is 14.8. The van der Waals surface area contributed by atoms with Crippen LogP contribution >= 0.6 is 0 Å². The summed E-state index contributed by atoms with van der Waals surface area (Å²) >= 11 is 0. The quantitative estimate of drug-likeness (QED) is 0.380. The van der Waals surface area contributed by atoms with Gasteiger partial charge in [-0.25, -0.2) is 9.59 Å². The maximum absolute atomic E-state index is 12.7. The number of allylic oxidation sites excluding steroid dienone is 1. The second kappa shape index (κ2) is 8.30. The molecule has 178 valence electrons. The number of esters is 3. The summed E-state index contributed by atoms with van der Waals surface area (Å²) in [7, 11) is 0. The molecule has 0 bridgehead atoms. The largest absolute Gasteiger partial charge is 0.461 e. The van der Waals surface area contributed by atoms with E-state index in [-0.39, 0.29) is 18.4 Å². The molecular formula is C24H34O8. The molecule has 0 spiro atoms. The van der Waals surface area contributed by atoms with Crippen molar-refractivity contribution in [3.63, 3.8) is 0 Å². The summed E-state index contributed by atoms with van der Waals surface area (Å²) in [4.78, 5) is 37.9. The molecule has 0 aromatic carbocycles. The number of aliphatic hydroxyl groups is 2. The van der Waals surface area contributed by atoms with Crippen molar-refractivity contribution in [2.24, 2.45) is 23.2 Å². The molecule has 8 heteroatoms. The Morgan fingerprint density at radius 2 is 1.91 bits per heavy atom. The van der Waals surface area contributed by atoms with E-state index in [1.807, 2.05) is 0 Å². The van der Waals surface area contributed by atoms with Crippen LogP contribution in [0.4, 0.5) is 0 Å². The molecule has 3 fully saturated rings. The van der Waals surface area contributed by atoms with Crippen LogP contribution in [0.25, 0.3) is 0 Å². The maximum atomic E-state index is 12.7. The standard InChI is InChI=1S/C24H34O8/c1-8-12(4)21(27)32-19-17-15(13(5)22(28)31-17)16(30-20(26)11(2)3)18-23(6,29)10-9-14(25)24(18,19)7/h8,11,14-19,25,29H,5,9-10H2,1-4,6-7H3/b12-8-/t14-,15-,16-,17-,18+,19-,23-,24+/m1/s1. The van der Waals surface area contributed by atoms with E-state index in [9.17, 15) is 24.6 Å². The Bertz CT molecular complexity index is 856. The minimum atomic E-state index is -1.37. The minimum absolute atomic E-state index is 0.0956. The van der Waals surface area contributed by atoms with Crippen LogP contribution in [-0.2, 0) is 28.6 Å². The number of aliphatic hydroxyl groups excluding tert-OH is 1. The molecule has 1 aliphatic heterocycles. The summed E-state index contributed by atoms with van der Waals surface area (Å²) in [5.74, 6) is -3.89. The van der Waals surface area contributed by atoms with Crippen molar-refractivity contribution in [2.45, 2.75) is 84.4 Å². The van der Waals surface area contributed by atoms with E-state index in [1.165, 1.54) is 0 Å². The predicted octanol–water partition coefficient (Wildman–Crippen LogP) is 2.07. The van der Waals surface area contributed by atoms with E-state index < -0.39 is 71.1 Å². The van der Waals surface area contributed by atoms with E-state index in [0.29, 0.717) is 5.57 Å². The average molecular weight is 451 g/mol. The van der Waals surface area contributed by atoms with Crippen molar-refractivity contribution in [1.29, 1.82) is 0 Å². The van der Waals surface area contributed by atoms with Crippen LogP contribution in [0.15, 0.2) is 23.8 Å². The van der Waals surface area contributed by atoms with Crippen molar-refractivity contribution >= 4 is 17.9 Å². The van der Waals surface area contributed by atoms with Gasteiger partial charge in [-0.15, -0.1) is 0 Å². The Kier molecular flexibility index (Phi) is 6.34. The Balaban J connectivity index is 2.19. The van der Waals surface area contributed by atoms with Gasteiger partial charge in [-0.1, -0.05) is 33.4 Å². The zero-order chi connectivity index (χ0) is 24.2. The third-order valence-electron chi connectivity index (χ3n) is 7.55. The van der Waals surface area contributed by atoms with E-state index in [4.69, 9.17) is 14.2 Å². The number of hydrogen-bond donors (Lipinski definition) is 2. The number of fused-ring (bicyclic) bond motifs is 2. The molecule has 32 heavy (non-hydrogen) atoms. The normalized spacial score (nSPS) is 41.6. The topological polar surface area (TPSA) is 119 Å². The monoisotopic (exact) mass is 450 g/mol. The van der Waals surface area contributed by atoms with Gasteiger partial charge in [-0.3, -0.25) is 4.79 Å². The highest BCUT2D eigenvalue weighted by Gasteiger charge is 2.71. The number of ether oxygens (including phenoxy) is 3. The molecule has 1 saturated heterocycles. The molecular weight excluding hydrogens is 416 g/mol. The van der Waals surface area contributed by atoms with Crippen LogP contribution in [0.2, 0.25) is 0 Å². The van der Waals surface area contributed by atoms with Crippen molar-refractivity contribution < 1.29 is 38.8 Å². The van der Waals surface area contributed by atoms with Gasteiger partial charge < -0.3 is 24.4 Å². The van der Waals surface area contributed by atoms with E-state index in [2.05, 4.69) is 6.58 Å². The van der Waals surface area contributed by atoms with Gasteiger partial charge in [0.15, 0.2) is 6.10 Å². The van der Waals surface area contributed by atoms with Gasteiger partial charge in [-0.2, -0.15) is 0 Å². The molecule has 0 unspecified atom stereocenters. The molecule has 2 saturated carbocycles. The van der Waals surface area contributed by atoms with E-state index >= 15 is 0 Å². The third-order valence-corrected chi connectivity index (χ3v) is 7.55. The van der Waals surface area contributed by atoms with E-state index in [0.717, 1.165) is 0 Å². The summed E-state index contributed by atoms with van der Waals surface area (Å²) in [6, 6.07) is 0. The van der Waals surface area contributed by atoms with Crippen LogP contribution in [0, 0.1) is 23.2 Å². The molecule has 2 N–H and O–H groups in total. The molecule has 0 aromatic heterocycles. The second-order valence-electron chi connectivity index (χ2n) is 10.0. The van der Waals surface area contributed by atoms with Gasteiger partial charge in [0, 0.05) is 22.5 Å². The maximum Gasteiger partial charge on any atom is 0.334 e. The molecule has 3 rings (SSSR count). The number of rotatable bonds is 4. The summed E-state index contributed by atoms with van der Waals surface area (Å²) in [6.45, 7) is 13.8. The van der Waals surface area contributed by atoms with E-state index in [1.54, 1.807) is 47.6 Å². The predicted molar refractivity (Wildman–Crippen MR) is 114 cm³/mol. The first-order valence-electron chi connectivity index (χ1n) is 11.1. The van der Waals surface area contributed by atoms with Gasteiger partial charge >= 0.3 is 17.9 Å². The fourth-order valence-corrected chi connectivity index (χ4v) is 5.58. The van der Waals surface area contributed by atoms with Crippen molar-refractivity contribution in [1.82, 2.24) is 0 Å². The van der Waals surface area contributed by atoms with Gasteiger partial charge in [0.25, 0.3) is 0 Å².